The fraction of sp³-hybridized carbons (Fsp3) is 0.481. The molecule has 5 rings (SSSR count). The van der Waals surface area contributed by atoms with Gasteiger partial charge in [-0.2, -0.15) is 0 Å². The molecule has 2 aromatic carbocycles. The molecule has 2 amide bonds. The van der Waals surface area contributed by atoms with Crippen LogP contribution in [0.3, 0.4) is 0 Å². The van der Waals surface area contributed by atoms with Crippen LogP contribution in [0.4, 0.5) is 0 Å². The van der Waals surface area contributed by atoms with Crippen molar-refractivity contribution in [3.05, 3.63) is 68.7 Å². The summed E-state index contributed by atoms with van der Waals surface area (Å²) >= 11 is 12.5. The molecule has 6 nitrogen and oxygen atoms in total. The van der Waals surface area contributed by atoms with Gasteiger partial charge in [-0.05, 0) is 50.1 Å². The van der Waals surface area contributed by atoms with Crippen molar-refractivity contribution in [2.45, 2.75) is 44.8 Å². The molecule has 3 heterocycles. The molecule has 2 bridgehead atoms. The molecule has 2 aromatic rings. The van der Waals surface area contributed by atoms with Gasteiger partial charge in [0.2, 0.25) is 5.91 Å². The van der Waals surface area contributed by atoms with E-state index in [1.807, 2.05) is 47.9 Å². The van der Waals surface area contributed by atoms with E-state index in [2.05, 4.69) is 16.3 Å². The van der Waals surface area contributed by atoms with Crippen LogP contribution < -0.4 is 5.32 Å². The fourth-order valence-corrected chi connectivity index (χ4v) is 6.16. The molecule has 0 aromatic heterocycles. The number of carbonyl (C=O) groups is 2. The highest BCUT2D eigenvalue weighted by molar-refractivity contribution is 6.42. The Bertz CT molecular complexity index is 1120. The van der Waals surface area contributed by atoms with E-state index in [-0.39, 0.29) is 17.9 Å². The monoisotopic (exact) mass is 514 g/mol. The predicted octanol–water partition coefficient (Wildman–Crippen LogP) is 4.07. The van der Waals surface area contributed by atoms with Gasteiger partial charge in [0.1, 0.15) is 0 Å². The summed E-state index contributed by atoms with van der Waals surface area (Å²) in [6.07, 6.45) is 1.66. The SMILES string of the molecule is Cc1cc(C)cc(C(=O)N2CCN(C(=O)CCN3C[C@@H]4C[C@H]3CN4)C(c3ccc(Cl)c(Cl)c3)C2)c1. The van der Waals surface area contributed by atoms with Gasteiger partial charge < -0.3 is 15.1 Å². The maximum Gasteiger partial charge on any atom is 0.254 e. The number of carbonyl (C=O) groups excluding carboxylic acids is 2. The normalized spacial score (nSPS) is 24.3. The summed E-state index contributed by atoms with van der Waals surface area (Å²) in [5, 5.41) is 4.44. The highest BCUT2D eigenvalue weighted by atomic mass is 35.5. The number of hydrogen-bond acceptors (Lipinski definition) is 4. The van der Waals surface area contributed by atoms with Gasteiger partial charge in [-0.1, -0.05) is 46.5 Å². The van der Waals surface area contributed by atoms with Gasteiger partial charge in [0.15, 0.2) is 0 Å². The third-order valence-corrected chi connectivity index (χ3v) is 8.31. The zero-order valence-corrected chi connectivity index (χ0v) is 21.8. The molecule has 0 saturated carbocycles. The lowest BCUT2D eigenvalue weighted by Gasteiger charge is -2.42. The van der Waals surface area contributed by atoms with Gasteiger partial charge in [0, 0.05) is 63.3 Å². The first-order chi connectivity index (χ1) is 16.8. The maximum atomic E-state index is 13.5. The molecule has 0 aliphatic carbocycles. The molecule has 0 spiro atoms. The summed E-state index contributed by atoms with van der Waals surface area (Å²) in [6.45, 7) is 8.24. The van der Waals surface area contributed by atoms with Crippen LogP contribution in [0, 0.1) is 13.8 Å². The first kappa shape index (κ1) is 24.6. The molecule has 8 heteroatoms. The molecule has 186 valence electrons. The molecule has 1 unspecified atom stereocenters. The Kier molecular flexibility index (Phi) is 7.09. The number of likely N-dealkylation sites (tertiary alicyclic amines) is 1. The van der Waals surface area contributed by atoms with Crippen LogP contribution in [0.25, 0.3) is 0 Å². The van der Waals surface area contributed by atoms with Crippen molar-refractivity contribution in [2.75, 3.05) is 39.3 Å². The average molecular weight is 515 g/mol. The molecule has 1 N–H and O–H groups in total. The number of halogens is 2. The van der Waals surface area contributed by atoms with Crippen molar-refractivity contribution < 1.29 is 9.59 Å². The lowest BCUT2D eigenvalue weighted by Crippen LogP contribution is -2.53. The zero-order chi connectivity index (χ0) is 24.7. The third-order valence-electron chi connectivity index (χ3n) is 7.57. The average Bonchev–Trinajstić information content (AvgIpc) is 3.46. The Morgan fingerprint density at radius 3 is 2.43 bits per heavy atom. The largest absolute Gasteiger partial charge is 0.334 e. The van der Waals surface area contributed by atoms with E-state index in [9.17, 15) is 9.59 Å². The van der Waals surface area contributed by atoms with Crippen molar-refractivity contribution in [3.8, 4) is 0 Å². The van der Waals surface area contributed by atoms with Gasteiger partial charge in [0.05, 0.1) is 16.1 Å². The van der Waals surface area contributed by atoms with Crippen molar-refractivity contribution in [1.82, 2.24) is 20.0 Å². The predicted molar refractivity (Wildman–Crippen MR) is 139 cm³/mol. The minimum atomic E-state index is -0.266. The summed E-state index contributed by atoms with van der Waals surface area (Å²) < 4.78 is 0. The number of amides is 2. The molecule has 3 saturated heterocycles. The van der Waals surface area contributed by atoms with E-state index in [0.717, 1.165) is 36.3 Å². The van der Waals surface area contributed by atoms with Crippen LogP contribution in [-0.2, 0) is 4.79 Å². The summed E-state index contributed by atoms with van der Waals surface area (Å²) in [5.74, 6) is 0.116. The van der Waals surface area contributed by atoms with Crippen LogP contribution in [0.2, 0.25) is 10.0 Å². The molecular formula is C27H32Cl2N4O2. The Hall–Kier alpha value is -2.12. The standard InChI is InChI=1S/C27H32Cl2N4O2/c1-17-9-18(2)11-20(10-17)27(35)32-7-8-33(25(16-32)19-3-4-23(28)24(29)12-19)26(34)5-6-31-15-21-13-22(31)14-30-21/h3-4,9-12,21-22,25,30H,5-8,13-16H2,1-2H3/t21-,22-,25?/m0/s1. The van der Waals surface area contributed by atoms with Crippen LogP contribution >= 0.6 is 23.2 Å². The van der Waals surface area contributed by atoms with Gasteiger partial charge in [0.25, 0.3) is 5.91 Å². The lowest BCUT2D eigenvalue weighted by molar-refractivity contribution is -0.136. The number of fused-ring (bicyclic) bond motifs is 2. The van der Waals surface area contributed by atoms with Gasteiger partial charge in [-0.15, -0.1) is 0 Å². The number of piperazine rings is 2. The number of aryl methyl sites for hydroxylation is 2. The van der Waals surface area contributed by atoms with E-state index in [1.165, 1.54) is 6.42 Å². The number of rotatable bonds is 5. The first-order valence-corrected chi connectivity index (χ1v) is 13.1. The number of nitrogens with zero attached hydrogens (tertiary/aromatic N) is 3. The van der Waals surface area contributed by atoms with E-state index < -0.39 is 0 Å². The quantitative estimate of drug-likeness (QED) is 0.653. The highest BCUT2D eigenvalue weighted by Crippen LogP contribution is 2.32. The highest BCUT2D eigenvalue weighted by Gasteiger charge is 2.38. The van der Waals surface area contributed by atoms with Crippen molar-refractivity contribution in [2.24, 2.45) is 0 Å². The first-order valence-electron chi connectivity index (χ1n) is 12.4. The topological polar surface area (TPSA) is 55.9 Å². The van der Waals surface area contributed by atoms with Crippen LogP contribution in [-0.4, -0.2) is 77.9 Å². The Morgan fingerprint density at radius 2 is 1.77 bits per heavy atom. The Labute approximate surface area is 217 Å². The number of nitrogens with one attached hydrogen (secondary N) is 1. The Morgan fingerprint density at radius 1 is 1.00 bits per heavy atom. The second-order valence-corrected chi connectivity index (χ2v) is 11.0. The number of benzene rings is 2. The number of hydrogen-bond donors (Lipinski definition) is 1. The van der Waals surface area contributed by atoms with Crippen LogP contribution in [0.1, 0.15) is 45.9 Å². The summed E-state index contributed by atoms with van der Waals surface area (Å²) in [7, 11) is 0. The summed E-state index contributed by atoms with van der Waals surface area (Å²) in [5.41, 5.74) is 3.71. The van der Waals surface area contributed by atoms with Crippen LogP contribution in [0.15, 0.2) is 36.4 Å². The van der Waals surface area contributed by atoms with E-state index in [1.54, 1.807) is 6.07 Å². The summed E-state index contributed by atoms with van der Waals surface area (Å²) in [6, 6.07) is 12.3. The molecular weight excluding hydrogens is 483 g/mol. The van der Waals surface area contributed by atoms with E-state index in [0.29, 0.717) is 53.7 Å². The van der Waals surface area contributed by atoms with Crippen molar-refractivity contribution in [1.29, 1.82) is 0 Å². The minimum absolute atomic E-state index is 0.00505. The molecule has 3 atom stereocenters. The minimum Gasteiger partial charge on any atom is -0.334 e. The molecule has 35 heavy (non-hydrogen) atoms. The zero-order valence-electron chi connectivity index (χ0n) is 20.3. The van der Waals surface area contributed by atoms with E-state index >= 15 is 0 Å². The van der Waals surface area contributed by atoms with E-state index in [4.69, 9.17) is 23.2 Å². The van der Waals surface area contributed by atoms with Gasteiger partial charge in [-0.3, -0.25) is 14.5 Å². The lowest BCUT2D eigenvalue weighted by atomic mass is 10.00. The smallest absolute Gasteiger partial charge is 0.254 e. The van der Waals surface area contributed by atoms with Crippen molar-refractivity contribution >= 4 is 35.0 Å². The molecule has 3 fully saturated rings. The fourth-order valence-electron chi connectivity index (χ4n) is 5.86. The molecule has 3 aliphatic heterocycles. The molecule has 0 radical (unpaired) electrons. The second kappa shape index (κ2) is 10.1. The maximum absolute atomic E-state index is 13.5. The van der Waals surface area contributed by atoms with Gasteiger partial charge >= 0.3 is 0 Å². The van der Waals surface area contributed by atoms with Crippen molar-refractivity contribution in [3.63, 3.8) is 0 Å². The second-order valence-electron chi connectivity index (χ2n) is 10.1. The Balaban J connectivity index is 1.34. The van der Waals surface area contributed by atoms with Gasteiger partial charge in [-0.25, -0.2) is 0 Å². The third kappa shape index (κ3) is 5.21. The van der Waals surface area contributed by atoms with Crippen LogP contribution in [0.5, 0.6) is 0 Å². The summed E-state index contributed by atoms with van der Waals surface area (Å²) in [4.78, 5) is 33.1. The molecule has 3 aliphatic rings.